The van der Waals surface area contributed by atoms with Crippen molar-refractivity contribution in [1.82, 2.24) is 9.13 Å². The first-order valence-corrected chi connectivity index (χ1v) is 14.8. The maximum Gasteiger partial charge on any atom is 0.421 e. The van der Waals surface area contributed by atoms with Gasteiger partial charge in [0.15, 0.2) is 0 Å². The summed E-state index contributed by atoms with van der Waals surface area (Å²) in [4.78, 5) is 0. The number of nitrogens with one attached hydrogen (secondary N) is 2. The van der Waals surface area contributed by atoms with Crippen molar-refractivity contribution in [3.8, 4) is 0 Å². The van der Waals surface area contributed by atoms with Crippen LogP contribution in [0, 0.1) is 0 Å². The summed E-state index contributed by atoms with van der Waals surface area (Å²) < 4.78 is 7.74. The zero-order chi connectivity index (χ0) is 26.7. The van der Waals surface area contributed by atoms with Crippen LogP contribution in [0.1, 0.15) is 0 Å². The van der Waals surface area contributed by atoms with Gasteiger partial charge < -0.3 is 35.4 Å². The molecule has 4 aromatic rings. The van der Waals surface area contributed by atoms with Crippen LogP contribution in [0.5, 0.6) is 0 Å². The number of imidazole rings is 2. The number of hydrogen-bond donors (Lipinski definition) is 2. The maximum absolute atomic E-state index is 4.33. The maximum atomic E-state index is 4.33. The van der Waals surface area contributed by atoms with E-state index >= 15 is 0 Å². The smallest absolute Gasteiger partial charge is 0.421 e. The first-order chi connectivity index (χ1) is 18.5. The number of aromatic nitrogens is 4. The Kier molecular flexibility index (Phi) is 14.0. The number of hydrogen-bond acceptors (Lipinski definition) is 8. The molecule has 0 spiro atoms. The summed E-state index contributed by atoms with van der Waals surface area (Å²) in [6.45, 7) is 1.81. The molecule has 2 N–H and O–H groups in total. The largest absolute Gasteiger partial charge is 1.00 e. The monoisotopic (exact) mass is 620 g/mol. The molecule has 0 radical (unpaired) electrons. The lowest BCUT2D eigenvalue weighted by Crippen LogP contribution is -3.00. The molecule has 2 aromatic carbocycles. The molecule has 0 aliphatic carbocycles. The lowest BCUT2D eigenvalue weighted by atomic mass is 10.3. The second-order valence-electron chi connectivity index (χ2n) is 8.63. The molecule has 0 saturated carbocycles. The van der Waals surface area contributed by atoms with E-state index in [1.54, 1.807) is 0 Å². The Bertz CT molecular complexity index is 1220. The fraction of sp³-hybridized carbons (Fsp3) is 0.308. The highest BCUT2D eigenvalue weighted by Gasteiger charge is 2.11. The Morgan fingerprint density at radius 1 is 0.625 bits per heavy atom. The molecular weight excluding hydrogens is 587 g/mol. The van der Waals surface area contributed by atoms with Crippen LogP contribution in [0.3, 0.4) is 0 Å². The third-order valence-electron chi connectivity index (χ3n) is 5.65. The van der Waals surface area contributed by atoms with E-state index in [1.165, 1.54) is 0 Å². The van der Waals surface area contributed by atoms with Crippen molar-refractivity contribution in [3.05, 3.63) is 73.3 Å². The van der Waals surface area contributed by atoms with Crippen molar-refractivity contribution < 1.29 is 33.9 Å². The minimum atomic E-state index is 0. The lowest BCUT2D eigenvalue weighted by molar-refractivity contribution is -0.657. The van der Waals surface area contributed by atoms with Gasteiger partial charge in [-0.1, -0.05) is 31.8 Å². The Hall–Kier alpha value is -3.06. The predicted octanol–water partition coefficient (Wildman–Crippen LogP) is -0.243. The van der Waals surface area contributed by atoms with E-state index in [0.29, 0.717) is 0 Å². The molecule has 14 heteroatoms. The number of rotatable bonds is 13. The van der Waals surface area contributed by atoms with Crippen molar-refractivity contribution in [2.24, 2.45) is 48.6 Å². The second-order valence-corrected chi connectivity index (χ2v) is 11.3. The Morgan fingerprint density at radius 2 is 1.00 bits per heavy atom. The van der Waals surface area contributed by atoms with Gasteiger partial charge in [0.1, 0.15) is 11.4 Å². The average molecular weight is 622 g/mol. The van der Waals surface area contributed by atoms with E-state index in [1.807, 2.05) is 141 Å². The van der Waals surface area contributed by atoms with Crippen LogP contribution >= 0.6 is 21.6 Å². The van der Waals surface area contributed by atoms with Crippen molar-refractivity contribution in [1.29, 1.82) is 0 Å². The molecule has 0 amide bonds. The highest BCUT2D eigenvalue weighted by molar-refractivity contribution is 8.76. The molecule has 214 valence electrons. The van der Waals surface area contributed by atoms with E-state index in [-0.39, 0.29) is 24.8 Å². The molecule has 2 heterocycles. The predicted molar refractivity (Wildman–Crippen MR) is 156 cm³/mol. The van der Waals surface area contributed by atoms with Gasteiger partial charge in [-0.05, 0) is 48.5 Å². The number of aryl methyl sites for hydroxylation is 4. The van der Waals surface area contributed by atoms with Gasteiger partial charge >= 0.3 is 11.9 Å². The normalized spacial score (nSPS) is 11.0. The summed E-state index contributed by atoms with van der Waals surface area (Å²) in [5, 5.41) is 24.2. The number of anilines is 2. The third-order valence-corrected chi connectivity index (χ3v) is 8.05. The fourth-order valence-corrected chi connectivity index (χ4v) is 5.35. The molecule has 0 bridgehead atoms. The average Bonchev–Trinajstić information content (AvgIpc) is 3.43. The summed E-state index contributed by atoms with van der Waals surface area (Å²) >= 11 is 0. The van der Waals surface area contributed by atoms with Crippen LogP contribution in [-0.2, 0) is 28.2 Å². The first-order valence-electron chi connectivity index (χ1n) is 12.3. The van der Waals surface area contributed by atoms with Gasteiger partial charge in [-0.25, -0.2) is 18.3 Å². The Morgan fingerprint density at radius 3 is 1.32 bits per heavy atom. The number of nitrogens with zero attached hydrogens (tertiary/aromatic N) is 8. The molecule has 10 nitrogen and oxygen atoms in total. The topological polar surface area (TPSA) is 91.1 Å². The van der Waals surface area contributed by atoms with Crippen LogP contribution in [-0.4, -0.2) is 33.7 Å². The number of benzene rings is 2. The summed E-state index contributed by atoms with van der Waals surface area (Å²) in [6.07, 6.45) is 7.81. The van der Waals surface area contributed by atoms with Gasteiger partial charge in [0.25, 0.3) is 0 Å². The number of halogens is 2. The molecular formula is C26H34Cl2N10S2. The van der Waals surface area contributed by atoms with Gasteiger partial charge in [-0.2, -0.15) is 0 Å². The van der Waals surface area contributed by atoms with E-state index in [2.05, 4.69) is 31.1 Å². The highest BCUT2D eigenvalue weighted by Crippen LogP contribution is 2.23. The minimum Gasteiger partial charge on any atom is -1.00 e. The summed E-state index contributed by atoms with van der Waals surface area (Å²) in [5.74, 6) is 3.64. The molecule has 0 aliphatic rings. The molecule has 0 saturated heterocycles. The van der Waals surface area contributed by atoms with Gasteiger partial charge in [-0.3, -0.25) is 0 Å². The highest BCUT2D eigenvalue weighted by atomic mass is 35.5. The number of azo groups is 2. The summed E-state index contributed by atoms with van der Waals surface area (Å²) in [6, 6.07) is 16.0. The van der Waals surface area contributed by atoms with Gasteiger partial charge in [-0.15, -0.1) is 0 Å². The van der Waals surface area contributed by atoms with Crippen molar-refractivity contribution in [2.75, 3.05) is 35.2 Å². The first kappa shape index (κ1) is 33.1. The van der Waals surface area contributed by atoms with Crippen LogP contribution < -0.4 is 44.6 Å². The fourth-order valence-electron chi connectivity index (χ4n) is 3.54. The second kappa shape index (κ2) is 16.9. The molecule has 0 atom stereocenters. The van der Waals surface area contributed by atoms with Crippen LogP contribution in [0.15, 0.2) is 93.8 Å². The van der Waals surface area contributed by atoms with E-state index in [4.69, 9.17) is 0 Å². The van der Waals surface area contributed by atoms with Gasteiger partial charge in [0.05, 0.1) is 53.0 Å². The zero-order valence-corrected chi connectivity index (χ0v) is 26.1. The van der Waals surface area contributed by atoms with E-state index < -0.39 is 0 Å². The zero-order valence-electron chi connectivity index (χ0n) is 22.9. The summed E-state index contributed by atoms with van der Waals surface area (Å²) in [5.41, 5.74) is 3.83. The standard InChI is InChI=1S/C26H32N10S2.2ClH/c1-33-15-16-34(2)25(33)31-29-23-9-5-21(6-10-23)27-13-19-37-38-20-14-28-22-7-11-24(12-8-22)30-32-26-35(3)17-18-36(26)4;;/h5-12,15-18H,13-14,19-20H2,1-4H3;2*1H. The Labute approximate surface area is 255 Å². The summed E-state index contributed by atoms with van der Waals surface area (Å²) in [7, 11) is 11.6. The molecule has 40 heavy (non-hydrogen) atoms. The van der Waals surface area contributed by atoms with Gasteiger partial charge in [0, 0.05) is 46.2 Å². The van der Waals surface area contributed by atoms with Crippen molar-refractivity contribution >= 4 is 56.2 Å². The van der Waals surface area contributed by atoms with E-state index in [0.717, 1.165) is 59.2 Å². The molecule has 4 rings (SSSR count). The van der Waals surface area contributed by atoms with Crippen LogP contribution in [0.4, 0.5) is 34.6 Å². The lowest BCUT2D eigenvalue weighted by Gasteiger charge is -2.07. The van der Waals surface area contributed by atoms with Crippen LogP contribution in [0.25, 0.3) is 0 Å². The SMILES string of the molecule is Cn1cc[n+](C)c1N=Nc1ccc(NCCSSCCNc2ccc(N=Nc3n(C)cc[n+]3C)cc2)cc1.[Cl-].[Cl-]. The van der Waals surface area contributed by atoms with Crippen molar-refractivity contribution in [3.63, 3.8) is 0 Å². The molecule has 0 fully saturated rings. The molecule has 2 aromatic heterocycles. The van der Waals surface area contributed by atoms with E-state index in [9.17, 15) is 0 Å². The van der Waals surface area contributed by atoms with Crippen molar-refractivity contribution in [2.45, 2.75) is 0 Å². The Balaban J connectivity index is 0.00000280. The molecule has 0 unspecified atom stereocenters. The quantitative estimate of drug-likeness (QED) is 0.0934. The van der Waals surface area contributed by atoms with Gasteiger partial charge in [0.2, 0.25) is 0 Å². The van der Waals surface area contributed by atoms with Crippen LogP contribution in [0.2, 0.25) is 0 Å². The molecule has 0 aliphatic heterocycles. The minimum absolute atomic E-state index is 0. The third kappa shape index (κ3) is 9.84.